The van der Waals surface area contributed by atoms with Crippen molar-refractivity contribution in [2.45, 2.75) is 50.6 Å². The lowest BCUT2D eigenvalue weighted by Crippen LogP contribution is -2.63. The van der Waals surface area contributed by atoms with E-state index in [1.165, 1.54) is 31.2 Å². The van der Waals surface area contributed by atoms with Gasteiger partial charge in [-0.1, -0.05) is 19.8 Å². The fourth-order valence-electron chi connectivity index (χ4n) is 4.22. The Hall–Kier alpha value is -0.420. The molecule has 0 spiro atoms. The number of ether oxygens (including phenoxy) is 1. The lowest BCUT2D eigenvalue weighted by Gasteiger charge is -2.48. The van der Waals surface area contributed by atoms with Gasteiger partial charge >= 0.3 is 0 Å². The number of hydrogen-bond acceptors (Lipinski definition) is 4. The average molecular weight is 308 g/mol. The Labute approximate surface area is 132 Å². The molecule has 2 aliphatic rings. The Morgan fingerprint density at radius 2 is 2.10 bits per heavy atom. The Bertz CT molecular complexity index is 408. The van der Waals surface area contributed by atoms with E-state index in [4.69, 9.17) is 4.74 Å². The maximum Gasteiger partial charge on any atom is 0.0594 e. The second-order valence-electron chi connectivity index (χ2n) is 6.36. The van der Waals surface area contributed by atoms with E-state index in [-0.39, 0.29) is 0 Å². The van der Waals surface area contributed by atoms with Crippen molar-refractivity contribution < 1.29 is 4.74 Å². The fraction of sp³-hybridized carbons (Fsp3) is 0.765. The molecule has 1 aliphatic heterocycles. The van der Waals surface area contributed by atoms with Gasteiger partial charge in [-0.3, -0.25) is 4.90 Å². The van der Waals surface area contributed by atoms with E-state index in [1.807, 2.05) is 11.3 Å². The van der Waals surface area contributed by atoms with E-state index >= 15 is 0 Å². The molecule has 1 aliphatic carbocycles. The fourth-order valence-corrected chi connectivity index (χ4v) is 4.91. The molecule has 3 rings (SSSR count). The van der Waals surface area contributed by atoms with Crippen LogP contribution in [0.5, 0.6) is 0 Å². The van der Waals surface area contributed by atoms with Gasteiger partial charge < -0.3 is 10.1 Å². The van der Waals surface area contributed by atoms with Crippen LogP contribution in [0.1, 0.15) is 38.2 Å². The third-order valence-corrected chi connectivity index (χ3v) is 5.96. The van der Waals surface area contributed by atoms with Crippen LogP contribution in [-0.2, 0) is 11.2 Å². The van der Waals surface area contributed by atoms with Crippen molar-refractivity contribution in [2.24, 2.45) is 0 Å². The number of morpholine rings is 1. The molecule has 4 heteroatoms. The van der Waals surface area contributed by atoms with Crippen LogP contribution in [0.25, 0.3) is 0 Å². The Morgan fingerprint density at radius 3 is 2.71 bits per heavy atom. The number of likely N-dealkylation sites (N-methyl/N-ethyl adjacent to an activating group) is 1. The first kappa shape index (κ1) is 15.5. The number of hydrogen-bond donors (Lipinski definition) is 1. The van der Waals surface area contributed by atoms with Gasteiger partial charge in [-0.15, -0.1) is 0 Å². The van der Waals surface area contributed by atoms with Crippen molar-refractivity contribution >= 4 is 11.3 Å². The van der Waals surface area contributed by atoms with Gasteiger partial charge in [-0.2, -0.15) is 11.3 Å². The minimum atomic E-state index is 0.349. The summed E-state index contributed by atoms with van der Waals surface area (Å²) >= 11 is 1.82. The summed E-state index contributed by atoms with van der Waals surface area (Å²) in [4.78, 5) is 2.74. The summed E-state index contributed by atoms with van der Waals surface area (Å²) in [7, 11) is 0. The van der Waals surface area contributed by atoms with Gasteiger partial charge in [0.2, 0.25) is 0 Å². The summed E-state index contributed by atoms with van der Waals surface area (Å²) in [6, 6.07) is 2.86. The lowest BCUT2D eigenvalue weighted by atomic mass is 9.82. The Morgan fingerprint density at radius 1 is 1.33 bits per heavy atom. The molecule has 2 heterocycles. The van der Waals surface area contributed by atoms with Crippen LogP contribution in [0.4, 0.5) is 0 Å². The van der Waals surface area contributed by atoms with Crippen LogP contribution in [0.2, 0.25) is 0 Å². The lowest BCUT2D eigenvalue weighted by molar-refractivity contribution is -0.0354. The van der Waals surface area contributed by atoms with Gasteiger partial charge in [0, 0.05) is 24.7 Å². The average Bonchev–Trinajstić information content (AvgIpc) is 3.20. The number of rotatable bonds is 6. The maximum absolute atomic E-state index is 5.59. The molecule has 1 N–H and O–H groups in total. The summed E-state index contributed by atoms with van der Waals surface area (Å²) in [5.41, 5.74) is 1.84. The smallest absolute Gasteiger partial charge is 0.0594 e. The summed E-state index contributed by atoms with van der Waals surface area (Å²) < 4.78 is 5.59. The third-order valence-electron chi connectivity index (χ3n) is 5.23. The zero-order chi connectivity index (χ0) is 14.5. The first-order chi connectivity index (χ1) is 10.3. The molecule has 118 valence electrons. The van der Waals surface area contributed by atoms with Crippen molar-refractivity contribution in [3.8, 4) is 0 Å². The normalized spacial score (nSPS) is 24.2. The van der Waals surface area contributed by atoms with Crippen LogP contribution < -0.4 is 5.32 Å². The maximum atomic E-state index is 5.59. The first-order valence-electron chi connectivity index (χ1n) is 8.42. The van der Waals surface area contributed by atoms with Crippen molar-refractivity contribution in [3.63, 3.8) is 0 Å². The minimum Gasteiger partial charge on any atom is -0.379 e. The molecular formula is C17H28N2OS. The van der Waals surface area contributed by atoms with Crippen molar-refractivity contribution in [1.29, 1.82) is 0 Å². The summed E-state index contributed by atoms with van der Waals surface area (Å²) in [5, 5.41) is 8.34. The molecule has 3 nitrogen and oxygen atoms in total. The van der Waals surface area contributed by atoms with Gasteiger partial charge in [-0.05, 0) is 48.2 Å². The van der Waals surface area contributed by atoms with Crippen molar-refractivity contribution in [1.82, 2.24) is 10.2 Å². The molecule has 1 aromatic heterocycles. The first-order valence-corrected chi connectivity index (χ1v) is 9.37. The van der Waals surface area contributed by atoms with E-state index < -0.39 is 0 Å². The van der Waals surface area contributed by atoms with Crippen LogP contribution in [-0.4, -0.2) is 49.3 Å². The van der Waals surface area contributed by atoms with E-state index in [1.54, 1.807) is 0 Å². The highest BCUT2D eigenvalue weighted by Gasteiger charge is 2.45. The molecule has 2 fully saturated rings. The quantitative estimate of drug-likeness (QED) is 0.874. The van der Waals surface area contributed by atoms with Gasteiger partial charge in [0.1, 0.15) is 0 Å². The zero-order valence-corrected chi connectivity index (χ0v) is 14.0. The second kappa shape index (κ2) is 7.23. The predicted molar refractivity (Wildman–Crippen MR) is 89.1 cm³/mol. The van der Waals surface area contributed by atoms with Gasteiger partial charge in [-0.25, -0.2) is 0 Å². The van der Waals surface area contributed by atoms with E-state index in [9.17, 15) is 0 Å². The second-order valence-corrected chi connectivity index (χ2v) is 7.14. The molecule has 1 saturated carbocycles. The summed E-state index contributed by atoms with van der Waals surface area (Å²) in [6.07, 6.45) is 6.60. The Balaban J connectivity index is 1.81. The molecular weight excluding hydrogens is 280 g/mol. The SMILES string of the molecule is CCNC(Cc1ccsc1)C1(N2CCOCC2)CCCC1. The van der Waals surface area contributed by atoms with Crippen molar-refractivity contribution in [2.75, 3.05) is 32.8 Å². The Kier molecular flexibility index (Phi) is 5.33. The molecule has 0 aromatic carbocycles. The largest absolute Gasteiger partial charge is 0.379 e. The molecule has 21 heavy (non-hydrogen) atoms. The zero-order valence-electron chi connectivity index (χ0n) is 13.1. The number of thiophene rings is 1. The molecule has 1 saturated heterocycles. The third kappa shape index (κ3) is 3.34. The highest BCUT2D eigenvalue weighted by molar-refractivity contribution is 7.07. The van der Waals surface area contributed by atoms with Gasteiger partial charge in [0.05, 0.1) is 13.2 Å². The highest BCUT2D eigenvalue weighted by atomic mass is 32.1. The van der Waals surface area contributed by atoms with Crippen LogP contribution in [0, 0.1) is 0 Å². The molecule has 0 amide bonds. The monoisotopic (exact) mass is 308 g/mol. The van der Waals surface area contributed by atoms with Gasteiger partial charge in [0.25, 0.3) is 0 Å². The predicted octanol–water partition coefficient (Wildman–Crippen LogP) is 2.91. The molecule has 0 bridgehead atoms. The molecule has 0 radical (unpaired) electrons. The van der Waals surface area contributed by atoms with Crippen molar-refractivity contribution in [3.05, 3.63) is 22.4 Å². The summed E-state index contributed by atoms with van der Waals surface area (Å²) in [6.45, 7) is 7.30. The topological polar surface area (TPSA) is 24.5 Å². The van der Waals surface area contributed by atoms with Crippen LogP contribution in [0.15, 0.2) is 16.8 Å². The molecule has 1 atom stereocenters. The number of nitrogens with zero attached hydrogens (tertiary/aromatic N) is 1. The number of nitrogens with one attached hydrogen (secondary N) is 1. The van der Waals surface area contributed by atoms with Crippen LogP contribution >= 0.6 is 11.3 Å². The van der Waals surface area contributed by atoms with Crippen LogP contribution in [0.3, 0.4) is 0 Å². The van der Waals surface area contributed by atoms with E-state index in [0.717, 1.165) is 39.3 Å². The standard InChI is InChI=1S/C17H28N2OS/c1-2-18-16(13-15-5-12-21-14-15)17(6-3-4-7-17)19-8-10-20-11-9-19/h5,12,14,16,18H,2-4,6-11,13H2,1H3. The molecule has 1 unspecified atom stereocenters. The minimum absolute atomic E-state index is 0.349. The highest BCUT2D eigenvalue weighted by Crippen LogP contribution is 2.39. The van der Waals surface area contributed by atoms with E-state index in [0.29, 0.717) is 11.6 Å². The summed E-state index contributed by atoms with van der Waals surface area (Å²) in [5.74, 6) is 0. The molecule has 1 aromatic rings. The van der Waals surface area contributed by atoms with Gasteiger partial charge in [0.15, 0.2) is 0 Å². The van der Waals surface area contributed by atoms with E-state index in [2.05, 4.69) is 34.0 Å².